The normalized spacial score (nSPS) is 20.8. The second kappa shape index (κ2) is 8.77. The van der Waals surface area contributed by atoms with E-state index < -0.39 is 0 Å². The summed E-state index contributed by atoms with van der Waals surface area (Å²) in [6, 6.07) is 7.80. The number of hydrogen-bond acceptors (Lipinski definition) is 3. The van der Waals surface area contributed by atoms with Gasteiger partial charge in [0.2, 0.25) is 0 Å². The topological polar surface area (TPSA) is 61.8 Å². The van der Waals surface area contributed by atoms with Crippen LogP contribution < -0.4 is 10.1 Å². The first-order valence-corrected chi connectivity index (χ1v) is 8.42. The third-order valence-corrected chi connectivity index (χ3v) is 4.55. The number of benzene rings is 1. The number of carbonyl (C=O) groups excluding carboxylic acids is 1. The number of nitrogens with one attached hydrogen (secondary N) is 1. The molecular weight excluding hydrogens is 292 g/mol. The number of hydrogen-bond donors (Lipinski definition) is 2. The molecule has 1 aliphatic carbocycles. The van der Waals surface area contributed by atoms with Crippen LogP contribution in [0.3, 0.4) is 0 Å². The van der Waals surface area contributed by atoms with E-state index in [9.17, 15) is 9.90 Å². The molecule has 1 aliphatic rings. The second-order valence-corrected chi connectivity index (χ2v) is 6.36. The van der Waals surface area contributed by atoms with E-state index in [1.807, 2.05) is 24.3 Å². The van der Waals surface area contributed by atoms with E-state index in [1.54, 1.807) is 12.0 Å². The summed E-state index contributed by atoms with van der Waals surface area (Å²) in [4.78, 5) is 14.2. The van der Waals surface area contributed by atoms with Gasteiger partial charge in [0.1, 0.15) is 5.75 Å². The largest absolute Gasteiger partial charge is 0.496 e. The molecule has 0 unspecified atom stereocenters. The van der Waals surface area contributed by atoms with E-state index in [0.717, 1.165) is 42.9 Å². The van der Waals surface area contributed by atoms with Crippen LogP contribution in [0.5, 0.6) is 5.75 Å². The Kier molecular flexibility index (Phi) is 6.71. The Morgan fingerprint density at radius 2 is 2.00 bits per heavy atom. The maximum Gasteiger partial charge on any atom is 0.317 e. The third-order valence-electron chi connectivity index (χ3n) is 4.55. The van der Waals surface area contributed by atoms with Gasteiger partial charge in [-0.2, -0.15) is 0 Å². The number of amides is 2. The molecule has 0 aromatic heterocycles. The Labute approximate surface area is 138 Å². The van der Waals surface area contributed by atoms with Crippen LogP contribution in [-0.2, 0) is 6.54 Å². The summed E-state index contributed by atoms with van der Waals surface area (Å²) in [5.74, 6) is 1.51. The van der Waals surface area contributed by atoms with Gasteiger partial charge in [0.25, 0.3) is 0 Å². The van der Waals surface area contributed by atoms with Crippen molar-refractivity contribution in [3.8, 4) is 5.75 Å². The fourth-order valence-electron chi connectivity index (χ4n) is 3.08. The van der Waals surface area contributed by atoms with E-state index in [4.69, 9.17) is 4.74 Å². The van der Waals surface area contributed by atoms with Gasteiger partial charge >= 0.3 is 6.03 Å². The summed E-state index contributed by atoms with van der Waals surface area (Å²) in [6.45, 7) is 2.95. The molecule has 23 heavy (non-hydrogen) atoms. The first-order chi connectivity index (χ1) is 11.1. The van der Waals surface area contributed by atoms with Crippen LogP contribution in [0.1, 0.15) is 38.2 Å². The minimum absolute atomic E-state index is 0.0513. The molecule has 0 spiro atoms. The lowest BCUT2D eigenvalue weighted by Crippen LogP contribution is -2.46. The molecule has 128 valence electrons. The van der Waals surface area contributed by atoms with Crippen LogP contribution in [-0.4, -0.2) is 42.3 Å². The molecule has 2 rings (SSSR count). The molecule has 1 aromatic carbocycles. The molecule has 0 radical (unpaired) electrons. The quantitative estimate of drug-likeness (QED) is 0.847. The molecule has 2 amide bonds. The van der Waals surface area contributed by atoms with Crippen LogP contribution in [0.4, 0.5) is 4.79 Å². The molecule has 0 atom stereocenters. The van der Waals surface area contributed by atoms with Crippen molar-refractivity contribution in [2.75, 3.05) is 20.3 Å². The minimum Gasteiger partial charge on any atom is -0.496 e. The number of methoxy groups -OCH3 is 1. The predicted octanol–water partition coefficient (Wildman–Crippen LogP) is 2.78. The summed E-state index contributed by atoms with van der Waals surface area (Å²) in [5.41, 5.74) is 0.941. The zero-order valence-electron chi connectivity index (χ0n) is 14.1. The van der Waals surface area contributed by atoms with Crippen LogP contribution >= 0.6 is 0 Å². The standard InChI is InChI=1S/C18H28N2O3/c1-14-7-9-16(10-8-14)19-18(22)20(11-12-21)13-15-5-3-4-6-17(15)23-2/h3-6,14,16,21H,7-13H2,1-2H3,(H,19,22). The first kappa shape index (κ1) is 17.6. The van der Waals surface area contributed by atoms with Gasteiger partial charge in [0, 0.05) is 18.2 Å². The number of para-hydroxylation sites is 1. The van der Waals surface area contributed by atoms with Gasteiger partial charge in [0.15, 0.2) is 0 Å². The average Bonchev–Trinajstić information content (AvgIpc) is 2.57. The maximum atomic E-state index is 12.5. The minimum atomic E-state index is -0.107. The van der Waals surface area contributed by atoms with E-state index in [1.165, 1.54) is 0 Å². The molecule has 5 heteroatoms. The van der Waals surface area contributed by atoms with Crippen molar-refractivity contribution >= 4 is 6.03 Å². The summed E-state index contributed by atoms with van der Waals surface area (Å²) >= 11 is 0. The van der Waals surface area contributed by atoms with Crippen molar-refractivity contribution in [2.45, 2.75) is 45.2 Å². The van der Waals surface area contributed by atoms with E-state index in [0.29, 0.717) is 13.1 Å². The van der Waals surface area contributed by atoms with Crippen molar-refractivity contribution in [3.63, 3.8) is 0 Å². The monoisotopic (exact) mass is 320 g/mol. The van der Waals surface area contributed by atoms with E-state index in [-0.39, 0.29) is 18.7 Å². The molecular formula is C18H28N2O3. The van der Waals surface area contributed by atoms with E-state index >= 15 is 0 Å². The molecule has 0 heterocycles. The van der Waals surface area contributed by atoms with Crippen LogP contribution in [0.2, 0.25) is 0 Å². The fourth-order valence-corrected chi connectivity index (χ4v) is 3.08. The van der Waals surface area contributed by atoms with Gasteiger partial charge < -0.3 is 20.1 Å². The fraction of sp³-hybridized carbons (Fsp3) is 0.611. The maximum absolute atomic E-state index is 12.5. The Hall–Kier alpha value is -1.75. The highest BCUT2D eigenvalue weighted by Crippen LogP contribution is 2.24. The Morgan fingerprint density at radius 3 is 2.65 bits per heavy atom. The zero-order valence-corrected chi connectivity index (χ0v) is 14.1. The predicted molar refractivity (Wildman–Crippen MR) is 90.4 cm³/mol. The number of aliphatic hydroxyl groups is 1. The van der Waals surface area contributed by atoms with Crippen LogP contribution in [0.15, 0.2) is 24.3 Å². The number of urea groups is 1. The van der Waals surface area contributed by atoms with Gasteiger partial charge in [-0.05, 0) is 37.7 Å². The second-order valence-electron chi connectivity index (χ2n) is 6.36. The highest BCUT2D eigenvalue weighted by Gasteiger charge is 2.22. The molecule has 0 saturated heterocycles. The number of nitrogens with zero attached hydrogens (tertiary/aromatic N) is 1. The number of ether oxygens (including phenoxy) is 1. The Bertz CT molecular complexity index is 499. The summed E-state index contributed by atoms with van der Waals surface area (Å²) < 4.78 is 5.34. The Morgan fingerprint density at radius 1 is 1.30 bits per heavy atom. The van der Waals surface area contributed by atoms with Crippen molar-refractivity contribution in [1.82, 2.24) is 10.2 Å². The van der Waals surface area contributed by atoms with Gasteiger partial charge in [-0.15, -0.1) is 0 Å². The smallest absolute Gasteiger partial charge is 0.317 e. The highest BCUT2D eigenvalue weighted by molar-refractivity contribution is 5.74. The van der Waals surface area contributed by atoms with E-state index in [2.05, 4.69) is 12.2 Å². The number of rotatable bonds is 6. The summed E-state index contributed by atoms with van der Waals surface area (Å²) in [6.07, 6.45) is 4.40. The third kappa shape index (κ3) is 5.13. The van der Waals surface area contributed by atoms with Crippen molar-refractivity contribution in [3.05, 3.63) is 29.8 Å². The molecule has 0 aliphatic heterocycles. The summed E-state index contributed by atoms with van der Waals surface area (Å²) in [7, 11) is 1.62. The number of carbonyl (C=O) groups is 1. The lowest BCUT2D eigenvalue weighted by molar-refractivity contribution is 0.166. The average molecular weight is 320 g/mol. The molecule has 0 bridgehead atoms. The molecule has 1 saturated carbocycles. The summed E-state index contributed by atoms with van der Waals surface area (Å²) in [5, 5.41) is 12.4. The van der Waals surface area contributed by atoms with Gasteiger partial charge in [-0.25, -0.2) is 4.79 Å². The lowest BCUT2D eigenvalue weighted by Gasteiger charge is -2.30. The SMILES string of the molecule is COc1ccccc1CN(CCO)C(=O)NC1CCC(C)CC1. The van der Waals surface area contributed by atoms with Gasteiger partial charge in [-0.3, -0.25) is 0 Å². The molecule has 2 N–H and O–H groups in total. The first-order valence-electron chi connectivity index (χ1n) is 8.42. The Balaban J connectivity index is 1.98. The van der Waals surface area contributed by atoms with Crippen molar-refractivity contribution in [1.29, 1.82) is 0 Å². The molecule has 1 aromatic rings. The molecule has 1 fully saturated rings. The van der Waals surface area contributed by atoms with Crippen molar-refractivity contribution in [2.24, 2.45) is 5.92 Å². The number of aliphatic hydroxyl groups excluding tert-OH is 1. The highest BCUT2D eigenvalue weighted by atomic mass is 16.5. The van der Waals surface area contributed by atoms with Crippen LogP contribution in [0.25, 0.3) is 0 Å². The van der Waals surface area contributed by atoms with Gasteiger partial charge in [0.05, 0.1) is 20.3 Å². The van der Waals surface area contributed by atoms with Crippen LogP contribution in [0, 0.1) is 5.92 Å². The van der Waals surface area contributed by atoms with Crippen molar-refractivity contribution < 1.29 is 14.6 Å². The van der Waals surface area contributed by atoms with Gasteiger partial charge in [-0.1, -0.05) is 25.1 Å². The molecule has 5 nitrogen and oxygen atoms in total. The zero-order chi connectivity index (χ0) is 16.7. The lowest BCUT2D eigenvalue weighted by atomic mass is 9.87.